The molecule has 0 unspecified atom stereocenters. The maximum Gasteiger partial charge on any atom is 0.242 e. The molecule has 27 heavy (non-hydrogen) atoms. The van der Waals surface area contributed by atoms with Crippen molar-refractivity contribution in [1.82, 2.24) is 9.62 Å². The Kier molecular flexibility index (Phi) is 5.08. The zero-order valence-corrected chi connectivity index (χ0v) is 16.4. The van der Waals surface area contributed by atoms with Crippen LogP contribution in [0.1, 0.15) is 11.1 Å². The van der Waals surface area contributed by atoms with Gasteiger partial charge in [0.1, 0.15) is 4.90 Å². The van der Waals surface area contributed by atoms with Crippen molar-refractivity contribution < 1.29 is 8.42 Å². The van der Waals surface area contributed by atoms with E-state index >= 15 is 0 Å². The third-order valence-electron chi connectivity index (χ3n) is 5.46. The number of fused-ring (bicyclic) bond motifs is 1. The molecule has 1 saturated heterocycles. The molecular weight excluding hydrogens is 360 g/mol. The number of nitrogens with zero attached hydrogens (tertiary/aromatic N) is 2. The predicted octanol–water partition coefficient (Wildman–Crippen LogP) is 1.88. The molecule has 2 heterocycles. The summed E-state index contributed by atoms with van der Waals surface area (Å²) in [5.41, 5.74) is 4.87. The number of anilines is 2. The summed E-state index contributed by atoms with van der Waals surface area (Å²) in [5, 5.41) is 3.51. The van der Waals surface area contributed by atoms with E-state index in [-0.39, 0.29) is 0 Å². The topological polar surface area (TPSA) is 64.7 Å². The molecule has 2 aliphatic rings. The first-order valence-electron chi connectivity index (χ1n) is 9.43. The molecule has 0 spiro atoms. The fourth-order valence-electron chi connectivity index (χ4n) is 3.99. The molecule has 2 aromatic rings. The number of piperazine rings is 1. The van der Waals surface area contributed by atoms with Gasteiger partial charge in [0, 0.05) is 45.0 Å². The van der Waals surface area contributed by atoms with Crippen LogP contribution in [-0.2, 0) is 23.0 Å². The van der Waals surface area contributed by atoms with Gasteiger partial charge in [0.05, 0.1) is 5.69 Å². The van der Waals surface area contributed by atoms with E-state index in [0.29, 0.717) is 4.90 Å². The average Bonchev–Trinajstić information content (AvgIpc) is 3.18. The normalized spacial score (nSPS) is 17.6. The Balaban J connectivity index is 1.46. The minimum atomic E-state index is -3.46. The van der Waals surface area contributed by atoms with Gasteiger partial charge in [-0.25, -0.2) is 13.1 Å². The number of hydrogen-bond acceptors (Lipinski definition) is 5. The Morgan fingerprint density at radius 3 is 2.59 bits per heavy atom. The van der Waals surface area contributed by atoms with Gasteiger partial charge in [-0.05, 0) is 36.7 Å². The van der Waals surface area contributed by atoms with Gasteiger partial charge < -0.3 is 10.2 Å². The minimum Gasteiger partial charge on any atom is -0.384 e. The van der Waals surface area contributed by atoms with E-state index in [1.165, 1.54) is 23.9 Å². The van der Waals surface area contributed by atoms with E-state index in [4.69, 9.17) is 0 Å². The molecule has 0 aromatic heterocycles. The van der Waals surface area contributed by atoms with Crippen LogP contribution in [0.15, 0.2) is 47.4 Å². The molecule has 1 fully saturated rings. The maximum absolute atomic E-state index is 12.3. The fourth-order valence-corrected chi connectivity index (χ4v) is 4.94. The van der Waals surface area contributed by atoms with Crippen molar-refractivity contribution in [3.63, 3.8) is 0 Å². The lowest BCUT2D eigenvalue weighted by atomic mass is 10.1. The molecule has 0 aliphatic carbocycles. The average molecular weight is 387 g/mol. The molecule has 0 bridgehead atoms. The van der Waals surface area contributed by atoms with Crippen molar-refractivity contribution in [2.24, 2.45) is 0 Å². The summed E-state index contributed by atoms with van der Waals surface area (Å²) in [6.07, 6.45) is 1.10. The third kappa shape index (κ3) is 3.67. The highest BCUT2D eigenvalue weighted by atomic mass is 32.2. The zero-order chi connectivity index (χ0) is 18.9. The van der Waals surface area contributed by atoms with Gasteiger partial charge in [-0.3, -0.25) is 4.90 Å². The van der Waals surface area contributed by atoms with Crippen molar-refractivity contribution in [2.75, 3.05) is 50.0 Å². The Morgan fingerprint density at radius 2 is 1.81 bits per heavy atom. The van der Waals surface area contributed by atoms with Crippen molar-refractivity contribution in [2.45, 2.75) is 17.9 Å². The highest BCUT2D eigenvalue weighted by Crippen LogP contribution is 2.29. The molecule has 0 atom stereocenters. The van der Waals surface area contributed by atoms with Crippen LogP contribution in [0.4, 0.5) is 11.4 Å². The van der Waals surface area contributed by atoms with E-state index in [1.54, 1.807) is 12.1 Å². The van der Waals surface area contributed by atoms with Crippen LogP contribution in [0.5, 0.6) is 0 Å². The molecule has 4 rings (SSSR count). The summed E-state index contributed by atoms with van der Waals surface area (Å²) in [6.45, 7) is 5.42. The van der Waals surface area contributed by atoms with E-state index in [2.05, 4.69) is 38.0 Å². The van der Waals surface area contributed by atoms with Crippen LogP contribution in [0, 0.1) is 0 Å². The van der Waals surface area contributed by atoms with Crippen LogP contribution in [0.3, 0.4) is 0 Å². The van der Waals surface area contributed by atoms with Gasteiger partial charge in [-0.1, -0.05) is 30.3 Å². The Hall–Kier alpha value is -2.09. The molecule has 6 nitrogen and oxygen atoms in total. The molecule has 7 heteroatoms. The van der Waals surface area contributed by atoms with Crippen LogP contribution in [0.2, 0.25) is 0 Å². The lowest BCUT2D eigenvalue weighted by Gasteiger charge is -2.37. The second-order valence-corrected chi connectivity index (χ2v) is 8.92. The number of nitrogens with one attached hydrogen (secondary N) is 2. The fraction of sp³-hybridized carbons (Fsp3) is 0.400. The summed E-state index contributed by atoms with van der Waals surface area (Å²) in [7, 11) is -2.01. The molecule has 144 valence electrons. The molecule has 0 radical (unpaired) electrons. The summed E-state index contributed by atoms with van der Waals surface area (Å²) >= 11 is 0. The summed E-state index contributed by atoms with van der Waals surface area (Å²) in [4.78, 5) is 4.97. The second-order valence-electron chi connectivity index (χ2n) is 7.07. The largest absolute Gasteiger partial charge is 0.384 e. The van der Waals surface area contributed by atoms with Crippen molar-refractivity contribution in [3.8, 4) is 0 Å². The predicted molar refractivity (Wildman–Crippen MR) is 109 cm³/mol. The van der Waals surface area contributed by atoms with E-state index < -0.39 is 10.0 Å². The van der Waals surface area contributed by atoms with E-state index in [1.807, 2.05) is 12.1 Å². The van der Waals surface area contributed by atoms with Gasteiger partial charge in [-0.15, -0.1) is 0 Å². The monoisotopic (exact) mass is 386 g/mol. The van der Waals surface area contributed by atoms with Gasteiger partial charge >= 0.3 is 0 Å². The SMILES string of the molecule is CNS(=O)(=O)c1ccccc1N1CCN(Cc2cccc3c2NCC3)CC1. The maximum atomic E-state index is 12.3. The Bertz CT molecular complexity index is 921. The summed E-state index contributed by atoms with van der Waals surface area (Å²) in [6, 6.07) is 13.8. The summed E-state index contributed by atoms with van der Waals surface area (Å²) in [5.74, 6) is 0. The van der Waals surface area contributed by atoms with Crippen molar-refractivity contribution >= 4 is 21.4 Å². The van der Waals surface area contributed by atoms with Crippen molar-refractivity contribution in [1.29, 1.82) is 0 Å². The van der Waals surface area contributed by atoms with Crippen LogP contribution < -0.4 is 14.9 Å². The Labute approximate surface area is 161 Å². The summed E-state index contributed by atoms with van der Waals surface area (Å²) < 4.78 is 27.1. The molecule has 0 amide bonds. The smallest absolute Gasteiger partial charge is 0.242 e. The second kappa shape index (κ2) is 7.50. The highest BCUT2D eigenvalue weighted by molar-refractivity contribution is 7.89. The third-order valence-corrected chi connectivity index (χ3v) is 6.93. The van der Waals surface area contributed by atoms with Crippen LogP contribution >= 0.6 is 0 Å². The number of benzene rings is 2. The first kappa shape index (κ1) is 18.3. The van der Waals surface area contributed by atoms with Crippen LogP contribution in [0.25, 0.3) is 0 Å². The number of hydrogen-bond donors (Lipinski definition) is 2. The molecular formula is C20H26N4O2S. The number of rotatable bonds is 5. The molecule has 2 aliphatic heterocycles. The number of para-hydroxylation sites is 2. The van der Waals surface area contributed by atoms with Crippen molar-refractivity contribution in [3.05, 3.63) is 53.6 Å². The lowest BCUT2D eigenvalue weighted by Crippen LogP contribution is -2.46. The van der Waals surface area contributed by atoms with Gasteiger partial charge in [0.2, 0.25) is 10.0 Å². The minimum absolute atomic E-state index is 0.353. The van der Waals surface area contributed by atoms with Crippen LogP contribution in [-0.4, -0.2) is 53.1 Å². The lowest BCUT2D eigenvalue weighted by molar-refractivity contribution is 0.250. The quantitative estimate of drug-likeness (QED) is 0.822. The first-order chi connectivity index (χ1) is 13.1. The van der Waals surface area contributed by atoms with Gasteiger partial charge in [0.15, 0.2) is 0 Å². The highest BCUT2D eigenvalue weighted by Gasteiger charge is 2.24. The molecule has 2 N–H and O–H groups in total. The first-order valence-corrected chi connectivity index (χ1v) is 10.9. The van der Waals surface area contributed by atoms with Gasteiger partial charge in [0.25, 0.3) is 0 Å². The van der Waals surface area contributed by atoms with Gasteiger partial charge in [-0.2, -0.15) is 0 Å². The van der Waals surface area contributed by atoms with E-state index in [0.717, 1.165) is 51.4 Å². The molecule has 2 aromatic carbocycles. The number of sulfonamides is 1. The zero-order valence-electron chi connectivity index (χ0n) is 15.6. The standard InChI is InChI=1S/C20H26N4O2S/c1-21-27(25,26)19-8-3-2-7-18(19)24-13-11-23(12-14-24)15-17-6-4-5-16-9-10-22-20(16)17/h2-8,21-22H,9-15H2,1H3. The molecule has 0 saturated carbocycles. The van der Waals surface area contributed by atoms with E-state index in [9.17, 15) is 8.42 Å². The Morgan fingerprint density at radius 1 is 1.04 bits per heavy atom.